The van der Waals surface area contributed by atoms with E-state index in [2.05, 4.69) is 0 Å². The molecule has 0 unspecified atom stereocenters. The zero-order chi connectivity index (χ0) is 18.4. The summed E-state index contributed by atoms with van der Waals surface area (Å²) in [6, 6.07) is 8.25. The third-order valence-electron chi connectivity index (χ3n) is 3.22. The number of hydrogen-bond donors (Lipinski definition) is 1. The highest BCUT2D eigenvalue weighted by atomic mass is 32.2. The first-order valence-electron chi connectivity index (χ1n) is 7.54. The zero-order valence-electron chi connectivity index (χ0n) is 13.5. The minimum absolute atomic E-state index is 0.0395. The number of sulfonamides is 1. The third-order valence-corrected chi connectivity index (χ3v) is 4.65. The Kier molecular flexibility index (Phi) is 6.22. The standard InChI is InChI=1S/C17H17F2NO4S/c1-2-7-24-14-9-12(8-13(18)10-14)16(21)11-20-25(22,23)17-6-4-3-5-15(17)19/h3-6,8-10,20H,2,7,11H2,1H3. The van der Waals surface area contributed by atoms with Crippen molar-refractivity contribution in [3.05, 3.63) is 59.7 Å². The maximum Gasteiger partial charge on any atom is 0.243 e. The molecule has 0 atom stereocenters. The lowest BCUT2D eigenvalue weighted by Crippen LogP contribution is -2.30. The molecule has 0 aliphatic carbocycles. The summed E-state index contributed by atoms with van der Waals surface area (Å²) in [5, 5.41) is 0. The Balaban J connectivity index is 2.12. The van der Waals surface area contributed by atoms with Crippen molar-refractivity contribution in [2.24, 2.45) is 0 Å². The van der Waals surface area contributed by atoms with Crippen molar-refractivity contribution in [3.8, 4) is 5.75 Å². The second kappa shape index (κ2) is 8.17. The molecular weight excluding hydrogens is 352 g/mol. The fourth-order valence-corrected chi connectivity index (χ4v) is 3.09. The van der Waals surface area contributed by atoms with Crippen LogP contribution in [0.3, 0.4) is 0 Å². The SMILES string of the molecule is CCCOc1cc(F)cc(C(=O)CNS(=O)(=O)c2ccccc2F)c1. The molecular formula is C17H17F2NO4S. The first-order chi connectivity index (χ1) is 11.8. The van der Waals surface area contributed by atoms with Gasteiger partial charge in [0.2, 0.25) is 10.0 Å². The van der Waals surface area contributed by atoms with Crippen molar-refractivity contribution in [2.45, 2.75) is 18.2 Å². The number of nitrogens with one attached hydrogen (secondary N) is 1. The van der Waals surface area contributed by atoms with E-state index in [0.717, 1.165) is 24.3 Å². The number of ether oxygens (including phenoxy) is 1. The molecule has 8 heteroatoms. The molecule has 2 aromatic carbocycles. The van der Waals surface area contributed by atoms with Gasteiger partial charge in [-0.05, 0) is 30.7 Å². The molecule has 0 saturated heterocycles. The van der Waals surface area contributed by atoms with Gasteiger partial charge in [-0.25, -0.2) is 21.9 Å². The van der Waals surface area contributed by atoms with E-state index in [1.165, 1.54) is 18.2 Å². The number of Topliss-reactive ketones (excluding diaryl/α,β-unsaturated/α-hetero) is 1. The van der Waals surface area contributed by atoms with Gasteiger partial charge in [-0.15, -0.1) is 0 Å². The van der Waals surface area contributed by atoms with Crippen molar-refractivity contribution >= 4 is 15.8 Å². The predicted molar refractivity (Wildman–Crippen MR) is 88.1 cm³/mol. The highest BCUT2D eigenvalue weighted by Crippen LogP contribution is 2.18. The second-order valence-corrected chi connectivity index (χ2v) is 6.94. The number of ketones is 1. The molecule has 0 bridgehead atoms. The molecule has 1 N–H and O–H groups in total. The summed E-state index contributed by atoms with van der Waals surface area (Å²) >= 11 is 0. The van der Waals surface area contributed by atoms with Crippen molar-refractivity contribution in [2.75, 3.05) is 13.2 Å². The van der Waals surface area contributed by atoms with Crippen LogP contribution in [0.5, 0.6) is 5.75 Å². The molecule has 0 aliphatic rings. The van der Waals surface area contributed by atoms with Crippen LogP contribution in [0.4, 0.5) is 8.78 Å². The number of halogens is 2. The van der Waals surface area contributed by atoms with E-state index >= 15 is 0 Å². The Hall–Kier alpha value is -2.32. The maximum atomic E-state index is 13.6. The van der Waals surface area contributed by atoms with Crippen LogP contribution in [0.15, 0.2) is 47.4 Å². The van der Waals surface area contributed by atoms with Gasteiger partial charge in [-0.3, -0.25) is 4.79 Å². The summed E-state index contributed by atoms with van der Waals surface area (Å²) in [6.07, 6.45) is 0.711. The summed E-state index contributed by atoms with van der Waals surface area (Å²) in [4.78, 5) is 11.6. The Morgan fingerprint density at radius 3 is 2.56 bits per heavy atom. The van der Waals surface area contributed by atoms with Crippen LogP contribution in [0.1, 0.15) is 23.7 Å². The molecule has 0 aliphatic heterocycles. The molecule has 0 aromatic heterocycles. The van der Waals surface area contributed by atoms with Gasteiger partial charge in [0.05, 0.1) is 13.2 Å². The van der Waals surface area contributed by atoms with Gasteiger partial charge in [-0.2, -0.15) is 0 Å². The molecule has 0 amide bonds. The van der Waals surface area contributed by atoms with E-state index in [9.17, 15) is 22.0 Å². The average Bonchev–Trinajstić information content (AvgIpc) is 2.57. The second-order valence-electron chi connectivity index (χ2n) is 5.20. The summed E-state index contributed by atoms with van der Waals surface area (Å²) in [6.45, 7) is 1.60. The van der Waals surface area contributed by atoms with Crippen LogP contribution in [-0.4, -0.2) is 27.4 Å². The van der Waals surface area contributed by atoms with Crippen LogP contribution in [0.2, 0.25) is 0 Å². The first-order valence-corrected chi connectivity index (χ1v) is 9.02. The van der Waals surface area contributed by atoms with Crippen molar-refractivity contribution in [3.63, 3.8) is 0 Å². The summed E-state index contributed by atoms with van der Waals surface area (Å²) in [5.74, 6) is -2.08. The lowest BCUT2D eigenvalue weighted by Gasteiger charge is -2.09. The maximum absolute atomic E-state index is 13.6. The van der Waals surface area contributed by atoms with E-state index in [1.807, 2.05) is 11.6 Å². The Bertz CT molecular complexity index is 869. The van der Waals surface area contributed by atoms with Gasteiger partial charge in [0.15, 0.2) is 5.78 Å². The topological polar surface area (TPSA) is 72.5 Å². The van der Waals surface area contributed by atoms with Crippen LogP contribution in [0, 0.1) is 11.6 Å². The van der Waals surface area contributed by atoms with E-state index in [0.29, 0.717) is 13.0 Å². The van der Waals surface area contributed by atoms with E-state index < -0.39 is 38.9 Å². The molecule has 0 fully saturated rings. The fourth-order valence-electron chi connectivity index (χ4n) is 2.03. The van der Waals surface area contributed by atoms with E-state index in [-0.39, 0.29) is 11.3 Å². The van der Waals surface area contributed by atoms with Gasteiger partial charge in [0.1, 0.15) is 22.3 Å². The summed E-state index contributed by atoms with van der Waals surface area (Å²) < 4.78 is 58.6. The third kappa shape index (κ3) is 5.07. The highest BCUT2D eigenvalue weighted by Gasteiger charge is 2.20. The first kappa shape index (κ1) is 19.0. The molecule has 2 aromatic rings. The van der Waals surface area contributed by atoms with Crippen LogP contribution in [0.25, 0.3) is 0 Å². The average molecular weight is 369 g/mol. The van der Waals surface area contributed by atoms with Gasteiger partial charge in [0.25, 0.3) is 0 Å². The minimum atomic E-state index is -4.20. The highest BCUT2D eigenvalue weighted by molar-refractivity contribution is 7.89. The summed E-state index contributed by atoms with van der Waals surface area (Å²) in [7, 11) is -4.20. The molecule has 0 spiro atoms. The van der Waals surface area contributed by atoms with Gasteiger partial charge >= 0.3 is 0 Å². The van der Waals surface area contributed by atoms with Gasteiger partial charge < -0.3 is 4.74 Å². The van der Waals surface area contributed by atoms with E-state index in [4.69, 9.17) is 4.74 Å². The fraction of sp³-hybridized carbons (Fsp3) is 0.235. The number of carbonyl (C=O) groups excluding carboxylic acids is 1. The molecule has 25 heavy (non-hydrogen) atoms. The Morgan fingerprint density at radius 2 is 1.88 bits per heavy atom. The van der Waals surface area contributed by atoms with Crippen LogP contribution < -0.4 is 9.46 Å². The molecule has 0 saturated carbocycles. The van der Waals surface area contributed by atoms with Crippen molar-refractivity contribution < 1.29 is 26.7 Å². The van der Waals surface area contributed by atoms with Gasteiger partial charge in [-0.1, -0.05) is 19.1 Å². The Labute approximate surface area is 144 Å². The quantitative estimate of drug-likeness (QED) is 0.726. The van der Waals surface area contributed by atoms with Crippen molar-refractivity contribution in [1.29, 1.82) is 0 Å². The van der Waals surface area contributed by atoms with Crippen LogP contribution in [-0.2, 0) is 10.0 Å². The van der Waals surface area contributed by atoms with Crippen LogP contribution >= 0.6 is 0 Å². The normalized spacial score (nSPS) is 11.3. The zero-order valence-corrected chi connectivity index (χ0v) is 14.3. The lowest BCUT2D eigenvalue weighted by molar-refractivity contribution is 0.0996. The van der Waals surface area contributed by atoms with E-state index in [1.54, 1.807) is 0 Å². The molecule has 134 valence electrons. The molecule has 2 rings (SSSR count). The lowest BCUT2D eigenvalue weighted by atomic mass is 10.1. The largest absolute Gasteiger partial charge is 0.493 e. The van der Waals surface area contributed by atoms with Crippen molar-refractivity contribution in [1.82, 2.24) is 4.72 Å². The predicted octanol–water partition coefficient (Wildman–Crippen LogP) is 2.91. The number of rotatable bonds is 8. The Morgan fingerprint density at radius 1 is 1.16 bits per heavy atom. The number of carbonyl (C=O) groups is 1. The number of benzene rings is 2. The summed E-state index contributed by atoms with van der Waals surface area (Å²) in [5.41, 5.74) is -0.0395. The molecule has 0 radical (unpaired) electrons. The van der Waals surface area contributed by atoms with Gasteiger partial charge in [0, 0.05) is 11.6 Å². The monoisotopic (exact) mass is 369 g/mol. The molecule has 0 heterocycles. The number of hydrogen-bond acceptors (Lipinski definition) is 4. The molecule has 5 nitrogen and oxygen atoms in total. The smallest absolute Gasteiger partial charge is 0.243 e. The minimum Gasteiger partial charge on any atom is -0.493 e.